The Balaban J connectivity index is 1.37. The quantitative estimate of drug-likeness (QED) is 0.788. The molecule has 2 aromatic rings. The van der Waals surface area contributed by atoms with Crippen molar-refractivity contribution < 1.29 is 9.59 Å². The minimum Gasteiger partial charge on any atom is -0.338 e. The van der Waals surface area contributed by atoms with E-state index in [1.807, 2.05) is 35.2 Å². The minimum atomic E-state index is 0.0968. The van der Waals surface area contributed by atoms with E-state index >= 15 is 0 Å². The number of amides is 2. The number of thiophene rings is 1. The van der Waals surface area contributed by atoms with Gasteiger partial charge in [0.1, 0.15) is 0 Å². The van der Waals surface area contributed by atoms with Crippen molar-refractivity contribution in [2.24, 2.45) is 5.92 Å². The first kappa shape index (κ1) is 18.2. The van der Waals surface area contributed by atoms with Crippen LogP contribution in [-0.4, -0.2) is 47.3 Å². The average Bonchev–Trinajstić information content (AvgIpc) is 3.05. The maximum atomic E-state index is 12.9. The highest BCUT2D eigenvalue weighted by atomic mass is 32.1. The zero-order valence-electron chi connectivity index (χ0n) is 15.5. The van der Waals surface area contributed by atoms with Gasteiger partial charge in [-0.15, -0.1) is 11.3 Å². The van der Waals surface area contributed by atoms with E-state index in [4.69, 9.17) is 0 Å². The van der Waals surface area contributed by atoms with E-state index in [1.54, 1.807) is 11.3 Å². The Morgan fingerprint density at radius 1 is 1.00 bits per heavy atom. The summed E-state index contributed by atoms with van der Waals surface area (Å²) in [7, 11) is 0. The van der Waals surface area contributed by atoms with Gasteiger partial charge in [0.15, 0.2) is 0 Å². The lowest BCUT2D eigenvalue weighted by Crippen LogP contribution is -2.47. The van der Waals surface area contributed by atoms with E-state index in [-0.39, 0.29) is 17.9 Å². The summed E-state index contributed by atoms with van der Waals surface area (Å²) in [6.07, 6.45) is 4.61. The van der Waals surface area contributed by atoms with E-state index < -0.39 is 0 Å². The highest BCUT2D eigenvalue weighted by Crippen LogP contribution is 2.29. The summed E-state index contributed by atoms with van der Waals surface area (Å²) in [5, 5.41) is 2.09. The summed E-state index contributed by atoms with van der Waals surface area (Å²) in [5.41, 5.74) is 0.743. The highest BCUT2D eigenvalue weighted by Gasteiger charge is 2.38. The lowest BCUT2D eigenvalue weighted by molar-refractivity contribution is -0.135. The van der Waals surface area contributed by atoms with Crippen molar-refractivity contribution in [1.29, 1.82) is 0 Å². The molecule has 3 aliphatic rings. The number of hydrogen-bond donors (Lipinski definition) is 0. The molecule has 3 aliphatic heterocycles. The third-order valence-corrected chi connectivity index (χ3v) is 6.67. The number of aryl methyl sites for hydroxylation is 1. The van der Waals surface area contributed by atoms with Crippen LogP contribution >= 0.6 is 11.3 Å². The summed E-state index contributed by atoms with van der Waals surface area (Å²) in [6.45, 7) is 2.24. The first-order valence-electron chi connectivity index (χ1n) is 9.87. The van der Waals surface area contributed by atoms with E-state index in [0.717, 1.165) is 44.3 Å². The zero-order valence-corrected chi connectivity index (χ0v) is 16.4. The minimum absolute atomic E-state index is 0.0968. The Morgan fingerprint density at radius 2 is 1.85 bits per heavy atom. The Hall–Kier alpha value is -2.14. The maximum Gasteiger partial charge on any atom is 0.253 e. The number of rotatable bonds is 5. The topological polar surface area (TPSA) is 40.6 Å². The number of hydrogen-bond acceptors (Lipinski definition) is 3. The van der Waals surface area contributed by atoms with E-state index in [2.05, 4.69) is 22.4 Å². The van der Waals surface area contributed by atoms with Crippen LogP contribution in [0, 0.1) is 5.92 Å². The number of carbonyl (C=O) groups is 2. The second-order valence-electron chi connectivity index (χ2n) is 7.65. The number of piperidine rings is 1. The summed E-state index contributed by atoms with van der Waals surface area (Å²) in [5.74, 6) is 0.757. The molecule has 0 radical (unpaired) electrons. The molecule has 3 fully saturated rings. The van der Waals surface area contributed by atoms with Gasteiger partial charge in [0.2, 0.25) is 5.91 Å². The molecule has 27 heavy (non-hydrogen) atoms. The van der Waals surface area contributed by atoms with Crippen molar-refractivity contribution in [1.82, 2.24) is 9.80 Å². The van der Waals surface area contributed by atoms with E-state index in [9.17, 15) is 9.59 Å². The molecule has 4 nitrogen and oxygen atoms in total. The normalized spacial score (nSPS) is 21.9. The van der Waals surface area contributed by atoms with Crippen LogP contribution in [0.5, 0.6) is 0 Å². The largest absolute Gasteiger partial charge is 0.338 e. The number of carbonyl (C=O) groups excluding carboxylic acids is 2. The van der Waals surface area contributed by atoms with Crippen LogP contribution in [0.25, 0.3) is 0 Å². The van der Waals surface area contributed by atoms with Crippen molar-refractivity contribution in [3.63, 3.8) is 0 Å². The molecule has 0 aliphatic carbocycles. The molecular weight excluding hydrogens is 356 g/mol. The smallest absolute Gasteiger partial charge is 0.253 e. The predicted octanol–water partition coefficient (Wildman–Crippen LogP) is 3.83. The van der Waals surface area contributed by atoms with Crippen molar-refractivity contribution in [2.45, 2.75) is 38.1 Å². The first-order valence-corrected chi connectivity index (χ1v) is 10.7. The molecule has 0 N–H and O–H groups in total. The van der Waals surface area contributed by atoms with Crippen LogP contribution in [0.15, 0.2) is 47.8 Å². The Morgan fingerprint density at radius 3 is 2.63 bits per heavy atom. The van der Waals surface area contributed by atoms with Gasteiger partial charge in [0, 0.05) is 42.5 Å². The molecule has 0 unspecified atom stereocenters. The molecule has 3 saturated heterocycles. The fourth-order valence-corrected chi connectivity index (χ4v) is 5.08. The summed E-state index contributed by atoms with van der Waals surface area (Å²) in [4.78, 5) is 31.1. The average molecular weight is 383 g/mol. The van der Waals surface area contributed by atoms with Gasteiger partial charge in [-0.05, 0) is 55.2 Å². The van der Waals surface area contributed by atoms with E-state index in [0.29, 0.717) is 18.9 Å². The van der Waals surface area contributed by atoms with Crippen molar-refractivity contribution in [2.75, 3.05) is 19.6 Å². The third kappa shape index (κ3) is 4.24. The number of fused-ring (bicyclic) bond motifs is 4. The predicted molar refractivity (Wildman–Crippen MR) is 108 cm³/mol. The molecule has 5 rings (SSSR count). The van der Waals surface area contributed by atoms with Crippen molar-refractivity contribution in [3.8, 4) is 0 Å². The molecule has 1 aromatic heterocycles. The SMILES string of the molecule is O=C(c1ccccc1)N1C[C@@H]2CC[C@H](C1)N(C(=O)CCCc1cccs1)C2. The summed E-state index contributed by atoms with van der Waals surface area (Å²) in [6, 6.07) is 13.9. The van der Waals surface area contributed by atoms with Gasteiger partial charge in [-0.2, -0.15) is 0 Å². The molecule has 0 saturated carbocycles. The van der Waals surface area contributed by atoms with Crippen LogP contribution in [0.4, 0.5) is 0 Å². The lowest BCUT2D eigenvalue weighted by atomic mass is 9.94. The Bertz CT molecular complexity index is 775. The van der Waals surface area contributed by atoms with Crippen LogP contribution < -0.4 is 0 Å². The van der Waals surface area contributed by atoms with Crippen LogP contribution in [0.1, 0.15) is 40.9 Å². The van der Waals surface area contributed by atoms with E-state index in [1.165, 1.54) is 4.88 Å². The fraction of sp³-hybridized carbons (Fsp3) is 0.455. The zero-order chi connectivity index (χ0) is 18.6. The standard InChI is InChI=1S/C22H26N2O2S/c25-21(10-4-8-20-9-5-13-27-20)24-15-17-11-12-19(24)16-23(14-17)22(26)18-6-2-1-3-7-18/h1-3,5-7,9,13,17,19H,4,8,10-12,14-16H2/t17-,19+/m0/s1. The lowest BCUT2D eigenvalue weighted by Gasteiger charge is -2.36. The van der Waals surface area contributed by atoms with Gasteiger partial charge in [-0.1, -0.05) is 24.3 Å². The number of nitrogens with zero attached hydrogens (tertiary/aromatic N) is 2. The molecule has 2 bridgehead atoms. The molecule has 0 spiro atoms. The van der Waals surface area contributed by atoms with Gasteiger partial charge in [0.25, 0.3) is 5.91 Å². The van der Waals surface area contributed by atoms with Crippen LogP contribution in [0.3, 0.4) is 0 Å². The second kappa shape index (κ2) is 8.26. The summed E-state index contributed by atoms with van der Waals surface area (Å²) < 4.78 is 0. The van der Waals surface area contributed by atoms with Crippen molar-refractivity contribution in [3.05, 3.63) is 58.3 Å². The van der Waals surface area contributed by atoms with Gasteiger partial charge < -0.3 is 9.80 Å². The van der Waals surface area contributed by atoms with Crippen molar-refractivity contribution >= 4 is 23.2 Å². The molecule has 5 heteroatoms. The van der Waals surface area contributed by atoms with Gasteiger partial charge in [-0.3, -0.25) is 9.59 Å². The monoisotopic (exact) mass is 382 g/mol. The molecule has 4 heterocycles. The molecular formula is C22H26N2O2S. The Kier molecular flexibility index (Phi) is 5.58. The Labute approximate surface area is 164 Å². The van der Waals surface area contributed by atoms with Crippen LogP contribution in [0.2, 0.25) is 0 Å². The van der Waals surface area contributed by atoms with Crippen LogP contribution in [-0.2, 0) is 11.2 Å². The maximum absolute atomic E-state index is 12.9. The first-order chi connectivity index (χ1) is 13.2. The van der Waals surface area contributed by atoms with Gasteiger partial charge in [0.05, 0.1) is 0 Å². The van der Waals surface area contributed by atoms with Gasteiger partial charge in [-0.25, -0.2) is 0 Å². The molecule has 1 aromatic carbocycles. The number of benzene rings is 1. The third-order valence-electron chi connectivity index (χ3n) is 5.74. The molecule has 142 valence electrons. The second-order valence-corrected chi connectivity index (χ2v) is 8.68. The highest BCUT2D eigenvalue weighted by molar-refractivity contribution is 7.09. The molecule has 2 amide bonds. The molecule has 2 atom stereocenters. The summed E-state index contributed by atoms with van der Waals surface area (Å²) >= 11 is 1.76. The fourth-order valence-electron chi connectivity index (χ4n) is 4.33. The van der Waals surface area contributed by atoms with Gasteiger partial charge >= 0.3 is 0 Å².